The van der Waals surface area contributed by atoms with Gasteiger partial charge in [0.2, 0.25) is 0 Å². The van der Waals surface area contributed by atoms with E-state index >= 15 is 0 Å². The summed E-state index contributed by atoms with van der Waals surface area (Å²) in [5.74, 6) is 3.44. The van der Waals surface area contributed by atoms with Crippen LogP contribution in [0, 0.1) is 37.0 Å². The number of rotatable bonds is 8. The standard InChI is InChI=1S/C11H16O.C10H14.C8H10.2C5H12.C4H10.C3H3N.C2H4O.C2H6/c1-4-9-6-7-11(12-3)8-10(9)5-2;1-3-9(2)10-7-5-4-6-8-10;1-7-5-3-4-6-8(7)2;2*1-4-5(2)3;1-3-4-2;1-2-3-4;1-2-3;1-2/h6-8H,4-5H2,1-3H3;4-9H,3H2,1-2H3;3-6H,1-2H3;2*5H,4H2,1-3H3;3-4H2,1-2H3;2H,1H2;2H,1H3;1-2H3. The molecule has 0 aliphatic carbocycles. The molecule has 3 nitrogen and oxygen atoms in total. The Kier molecular flexibility index (Phi) is 58.5. The zero-order valence-corrected chi connectivity index (χ0v) is 38.2. The van der Waals surface area contributed by atoms with Crippen molar-refractivity contribution in [1.29, 1.82) is 5.26 Å². The Labute approximate surface area is 332 Å². The minimum atomic E-state index is 0.709. The lowest BCUT2D eigenvalue weighted by molar-refractivity contribution is -0.106. The van der Waals surface area contributed by atoms with Crippen molar-refractivity contribution in [2.24, 2.45) is 11.8 Å². The van der Waals surface area contributed by atoms with Gasteiger partial charge in [-0.2, -0.15) is 5.26 Å². The van der Waals surface area contributed by atoms with Crippen LogP contribution in [0.2, 0.25) is 0 Å². The Balaban J connectivity index is -0.000000124. The van der Waals surface area contributed by atoms with Gasteiger partial charge in [-0.15, -0.1) is 0 Å². The van der Waals surface area contributed by atoms with Crippen LogP contribution in [0.4, 0.5) is 0 Å². The fourth-order valence-corrected chi connectivity index (χ4v) is 3.08. The minimum Gasteiger partial charge on any atom is -0.497 e. The van der Waals surface area contributed by atoms with Gasteiger partial charge in [0.05, 0.1) is 13.2 Å². The number of methoxy groups -OCH3 is 1. The van der Waals surface area contributed by atoms with Gasteiger partial charge >= 0.3 is 0 Å². The van der Waals surface area contributed by atoms with Gasteiger partial charge in [-0.25, -0.2) is 0 Å². The second kappa shape index (κ2) is 50.5. The molecule has 0 radical (unpaired) electrons. The van der Waals surface area contributed by atoms with Crippen LogP contribution >= 0.6 is 0 Å². The normalized spacial score (nSPS) is 9.11. The Morgan fingerprint density at radius 1 is 0.679 bits per heavy atom. The second-order valence-corrected chi connectivity index (χ2v) is 12.8. The van der Waals surface area contributed by atoms with Gasteiger partial charge in [0.15, 0.2) is 0 Å². The number of allylic oxidation sites excluding steroid dienone is 1. The molecule has 0 aliphatic rings. The third-order valence-electron chi connectivity index (χ3n) is 7.81. The Bertz CT molecular complexity index is 1140. The molecule has 0 saturated carbocycles. The zero-order chi connectivity index (χ0) is 42.5. The van der Waals surface area contributed by atoms with Crippen molar-refractivity contribution in [2.75, 3.05) is 7.11 Å². The number of aryl methyl sites for hydroxylation is 4. The van der Waals surface area contributed by atoms with Crippen LogP contribution in [0.15, 0.2) is 85.5 Å². The van der Waals surface area contributed by atoms with E-state index < -0.39 is 0 Å². The molecule has 0 N–H and O–H groups in total. The first-order valence-corrected chi connectivity index (χ1v) is 20.4. The first-order chi connectivity index (χ1) is 25.2. The number of nitriles is 1. The number of benzene rings is 3. The van der Waals surface area contributed by atoms with Crippen molar-refractivity contribution in [1.82, 2.24) is 0 Å². The van der Waals surface area contributed by atoms with Crippen molar-refractivity contribution in [3.05, 3.63) is 113 Å². The van der Waals surface area contributed by atoms with Gasteiger partial charge < -0.3 is 9.53 Å². The molecule has 3 heteroatoms. The molecular formula is C50H87NO2. The second-order valence-electron chi connectivity index (χ2n) is 12.8. The van der Waals surface area contributed by atoms with E-state index in [1.807, 2.05) is 19.9 Å². The number of hydrogen-bond acceptors (Lipinski definition) is 3. The summed E-state index contributed by atoms with van der Waals surface area (Å²) in [5, 5.41) is 7.51. The maximum absolute atomic E-state index is 8.81. The number of aldehydes is 1. The summed E-state index contributed by atoms with van der Waals surface area (Å²) < 4.78 is 5.16. The SMILES string of the molecule is C=CC#N.CC.CC=O.CCC(C)C.CCC(C)C.CCC(C)c1ccccc1.CCCC.CCc1ccc(OC)cc1CC.Cc1ccccc1C. The number of nitrogens with zero attached hydrogens (tertiary/aromatic N) is 1. The van der Waals surface area contributed by atoms with Gasteiger partial charge in [0, 0.05) is 6.08 Å². The van der Waals surface area contributed by atoms with Crippen LogP contribution in [0.3, 0.4) is 0 Å². The summed E-state index contributed by atoms with van der Waals surface area (Å²) in [5.41, 5.74) is 7.01. The number of hydrogen-bond donors (Lipinski definition) is 0. The van der Waals surface area contributed by atoms with Crippen molar-refractivity contribution in [2.45, 2.75) is 169 Å². The number of carbonyl (C=O) groups excluding carboxylic acids is 1. The molecule has 3 aromatic carbocycles. The molecule has 0 aliphatic heterocycles. The summed E-state index contributed by atoms with van der Waals surface area (Å²) in [6.07, 6.45) is 10.6. The fourth-order valence-electron chi connectivity index (χ4n) is 3.08. The molecule has 3 rings (SSSR count). The van der Waals surface area contributed by atoms with E-state index in [2.05, 4.69) is 170 Å². The topological polar surface area (TPSA) is 50.1 Å². The van der Waals surface area contributed by atoms with Crippen LogP contribution < -0.4 is 4.74 Å². The summed E-state index contributed by atoms with van der Waals surface area (Å²) in [6.45, 7) is 39.3. The summed E-state index contributed by atoms with van der Waals surface area (Å²) in [7, 11) is 1.71. The highest BCUT2D eigenvalue weighted by atomic mass is 16.5. The third kappa shape index (κ3) is 48.4. The van der Waals surface area contributed by atoms with Crippen molar-refractivity contribution in [3.63, 3.8) is 0 Å². The molecule has 0 saturated heterocycles. The number of ether oxygens (including phenoxy) is 1. The van der Waals surface area contributed by atoms with Crippen LogP contribution in [0.25, 0.3) is 0 Å². The Morgan fingerprint density at radius 2 is 1.04 bits per heavy atom. The molecule has 0 spiro atoms. The molecule has 0 amide bonds. The highest BCUT2D eigenvalue weighted by Crippen LogP contribution is 2.18. The summed E-state index contributed by atoms with van der Waals surface area (Å²) in [6, 6.07) is 27.0. The lowest BCUT2D eigenvalue weighted by Crippen LogP contribution is -1.92. The van der Waals surface area contributed by atoms with E-state index in [-0.39, 0.29) is 0 Å². The largest absolute Gasteiger partial charge is 0.497 e. The van der Waals surface area contributed by atoms with Gasteiger partial charge in [0.1, 0.15) is 12.0 Å². The van der Waals surface area contributed by atoms with Gasteiger partial charge in [-0.1, -0.05) is 190 Å². The molecule has 0 fully saturated rings. The molecule has 0 bridgehead atoms. The Hall–Kier alpha value is -3.64. The van der Waals surface area contributed by atoms with E-state index in [1.54, 1.807) is 13.2 Å². The van der Waals surface area contributed by atoms with E-state index in [0.717, 1.165) is 36.7 Å². The zero-order valence-electron chi connectivity index (χ0n) is 38.2. The van der Waals surface area contributed by atoms with E-state index in [0.29, 0.717) is 5.92 Å². The first-order valence-electron chi connectivity index (χ1n) is 20.4. The maximum atomic E-state index is 8.81. The first kappa shape index (κ1) is 61.4. The monoisotopic (exact) mass is 734 g/mol. The van der Waals surface area contributed by atoms with E-state index in [1.165, 1.54) is 72.9 Å². The van der Waals surface area contributed by atoms with Crippen molar-refractivity contribution >= 4 is 6.29 Å². The minimum absolute atomic E-state index is 0.709. The lowest BCUT2D eigenvalue weighted by atomic mass is 9.99. The number of carbonyl (C=O) groups is 1. The van der Waals surface area contributed by atoms with E-state index in [4.69, 9.17) is 14.8 Å². The van der Waals surface area contributed by atoms with Crippen molar-refractivity contribution in [3.8, 4) is 11.8 Å². The van der Waals surface area contributed by atoms with Crippen LogP contribution in [0.5, 0.6) is 5.75 Å². The fraction of sp³-hybridized carbons (Fsp3) is 0.560. The quantitative estimate of drug-likeness (QED) is 0.171. The van der Waals surface area contributed by atoms with Crippen LogP contribution in [-0.4, -0.2) is 13.4 Å². The lowest BCUT2D eigenvalue weighted by Gasteiger charge is -2.07. The van der Waals surface area contributed by atoms with Gasteiger partial charge in [-0.05, 0) is 97.7 Å². The summed E-state index contributed by atoms with van der Waals surface area (Å²) >= 11 is 0. The molecule has 1 unspecified atom stereocenters. The Morgan fingerprint density at radius 3 is 1.28 bits per heavy atom. The molecule has 304 valence electrons. The van der Waals surface area contributed by atoms with Gasteiger partial charge in [0.25, 0.3) is 0 Å². The molecular weight excluding hydrogens is 647 g/mol. The van der Waals surface area contributed by atoms with Crippen LogP contribution in [0.1, 0.15) is 170 Å². The predicted octanol–water partition coefficient (Wildman–Crippen LogP) is 16.2. The van der Waals surface area contributed by atoms with Gasteiger partial charge in [-0.3, -0.25) is 0 Å². The van der Waals surface area contributed by atoms with E-state index in [9.17, 15) is 0 Å². The molecule has 3 aromatic rings. The molecule has 0 aromatic heterocycles. The third-order valence-corrected chi connectivity index (χ3v) is 7.81. The molecule has 53 heavy (non-hydrogen) atoms. The molecule has 1 atom stereocenters. The molecule has 0 heterocycles. The smallest absolute Gasteiger partial charge is 0.119 e. The number of unbranched alkanes of at least 4 members (excludes halogenated alkanes) is 1. The van der Waals surface area contributed by atoms with Crippen LogP contribution in [-0.2, 0) is 17.6 Å². The average molecular weight is 734 g/mol. The summed E-state index contributed by atoms with van der Waals surface area (Å²) in [4.78, 5) is 8.81. The highest BCUT2D eigenvalue weighted by Gasteiger charge is 2.00. The average Bonchev–Trinajstić information content (AvgIpc) is 3.20. The predicted molar refractivity (Wildman–Crippen MR) is 243 cm³/mol. The maximum Gasteiger partial charge on any atom is 0.119 e. The van der Waals surface area contributed by atoms with Crippen molar-refractivity contribution < 1.29 is 9.53 Å². The highest BCUT2D eigenvalue weighted by molar-refractivity contribution is 5.44.